The van der Waals surface area contributed by atoms with Crippen molar-refractivity contribution in [3.63, 3.8) is 0 Å². The molecule has 0 saturated heterocycles. The van der Waals surface area contributed by atoms with Crippen LogP contribution in [0.1, 0.15) is 36.8 Å². The molecule has 40 heavy (non-hydrogen) atoms. The Morgan fingerprint density at radius 2 is 1.27 bits per heavy atom. The van der Waals surface area contributed by atoms with E-state index in [0.717, 1.165) is 11.1 Å². The van der Waals surface area contributed by atoms with Gasteiger partial charge in [-0.1, -0.05) is 90.5 Å². The minimum absolute atomic E-state index is 0.0160. The molecule has 8 heteroatoms. The Kier molecular flexibility index (Phi) is 10.2. The van der Waals surface area contributed by atoms with Gasteiger partial charge in [0.2, 0.25) is 0 Å². The molecule has 0 spiro atoms. The molecule has 0 bridgehead atoms. The first-order valence-corrected chi connectivity index (χ1v) is 12.7. The van der Waals surface area contributed by atoms with Crippen molar-refractivity contribution in [1.82, 2.24) is 0 Å². The van der Waals surface area contributed by atoms with Gasteiger partial charge in [-0.3, -0.25) is 19.2 Å². The maximum atomic E-state index is 13.3. The third-order valence-electron chi connectivity index (χ3n) is 6.99. The number of hydrogen-bond acceptors (Lipinski definition) is 8. The minimum atomic E-state index is -1.77. The quantitative estimate of drug-likeness (QED) is 0.234. The SMILES string of the molecule is COC(=O)C(C/C=C/c1ccccc1)(CC1=C/C(=C/c2ccccc2)CC(C(=O)OC)(C(=O)OC)C1)C(=O)OC. The molecule has 0 aliphatic heterocycles. The van der Waals surface area contributed by atoms with Crippen LogP contribution in [0.3, 0.4) is 0 Å². The van der Waals surface area contributed by atoms with E-state index >= 15 is 0 Å². The van der Waals surface area contributed by atoms with Crippen molar-refractivity contribution in [3.05, 3.63) is 95.1 Å². The zero-order valence-corrected chi connectivity index (χ0v) is 23.2. The molecular weight excluding hydrogens is 512 g/mol. The van der Waals surface area contributed by atoms with E-state index in [2.05, 4.69) is 0 Å². The van der Waals surface area contributed by atoms with Gasteiger partial charge in [0.05, 0.1) is 28.4 Å². The number of carbonyl (C=O) groups excluding carboxylic acids is 4. The lowest BCUT2D eigenvalue weighted by atomic mass is 9.67. The van der Waals surface area contributed by atoms with Gasteiger partial charge < -0.3 is 18.9 Å². The number of benzene rings is 2. The molecule has 3 rings (SSSR count). The Balaban J connectivity index is 2.14. The summed E-state index contributed by atoms with van der Waals surface area (Å²) in [5.74, 6) is -3.12. The van der Waals surface area contributed by atoms with Crippen LogP contribution in [-0.2, 0) is 38.1 Å². The Morgan fingerprint density at radius 3 is 1.77 bits per heavy atom. The molecule has 8 nitrogen and oxygen atoms in total. The molecule has 0 amide bonds. The van der Waals surface area contributed by atoms with Gasteiger partial charge in [0.15, 0.2) is 10.8 Å². The third kappa shape index (κ3) is 6.57. The zero-order valence-electron chi connectivity index (χ0n) is 23.2. The average molecular weight is 547 g/mol. The maximum Gasteiger partial charge on any atom is 0.323 e. The number of hydrogen-bond donors (Lipinski definition) is 0. The van der Waals surface area contributed by atoms with Crippen LogP contribution in [0.15, 0.2) is 84.0 Å². The highest BCUT2D eigenvalue weighted by Gasteiger charge is 2.54. The van der Waals surface area contributed by atoms with Crippen LogP contribution in [-0.4, -0.2) is 52.3 Å². The molecular formula is C32H34O8. The Bertz CT molecular complexity index is 1270. The lowest BCUT2D eigenvalue weighted by Gasteiger charge is -2.36. The second-order valence-corrected chi connectivity index (χ2v) is 9.61. The van der Waals surface area contributed by atoms with E-state index in [-0.39, 0.29) is 25.7 Å². The largest absolute Gasteiger partial charge is 0.468 e. The van der Waals surface area contributed by atoms with Crippen molar-refractivity contribution >= 4 is 36.0 Å². The number of ether oxygens (including phenoxy) is 4. The molecule has 0 atom stereocenters. The Labute approximate surface area is 234 Å². The summed E-state index contributed by atoms with van der Waals surface area (Å²) in [6.07, 6.45) is 6.85. The fourth-order valence-electron chi connectivity index (χ4n) is 5.10. The van der Waals surface area contributed by atoms with Crippen molar-refractivity contribution in [2.45, 2.75) is 25.7 Å². The van der Waals surface area contributed by atoms with Gasteiger partial charge in [-0.15, -0.1) is 0 Å². The van der Waals surface area contributed by atoms with E-state index in [1.165, 1.54) is 28.4 Å². The van der Waals surface area contributed by atoms with Gasteiger partial charge in [0.25, 0.3) is 0 Å². The predicted molar refractivity (Wildman–Crippen MR) is 149 cm³/mol. The maximum absolute atomic E-state index is 13.3. The lowest BCUT2D eigenvalue weighted by Crippen LogP contribution is -2.45. The normalized spacial score (nSPS) is 15.7. The second-order valence-electron chi connectivity index (χ2n) is 9.61. The molecule has 2 aromatic carbocycles. The molecule has 0 aromatic heterocycles. The number of carbonyl (C=O) groups is 4. The number of methoxy groups -OCH3 is 4. The average Bonchev–Trinajstić information content (AvgIpc) is 2.99. The van der Waals surface area contributed by atoms with Crippen molar-refractivity contribution in [2.24, 2.45) is 10.8 Å². The molecule has 1 aliphatic carbocycles. The molecule has 1 aliphatic rings. The van der Waals surface area contributed by atoms with Gasteiger partial charge in [-0.25, -0.2) is 0 Å². The van der Waals surface area contributed by atoms with Crippen LogP contribution in [0.4, 0.5) is 0 Å². The monoisotopic (exact) mass is 546 g/mol. The second kappa shape index (κ2) is 13.6. The van der Waals surface area contributed by atoms with Gasteiger partial charge in [0.1, 0.15) is 0 Å². The first kappa shape index (κ1) is 30.1. The number of allylic oxidation sites excluding steroid dienone is 4. The van der Waals surface area contributed by atoms with Gasteiger partial charge >= 0.3 is 23.9 Å². The van der Waals surface area contributed by atoms with Gasteiger partial charge in [-0.05, 0) is 42.4 Å². The van der Waals surface area contributed by atoms with E-state index in [4.69, 9.17) is 18.9 Å². The van der Waals surface area contributed by atoms with Crippen LogP contribution >= 0.6 is 0 Å². The van der Waals surface area contributed by atoms with Crippen molar-refractivity contribution < 1.29 is 38.1 Å². The zero-order chi connectivity index (χ0) is 29.2. The van der Waals surface area contributed by atoms with Crippen LogP contribution in [0, 0.1) is 10.8 Å². The van der Waals surface area contributed by atoms with Gasteiger partial charge in [-0.2, -0.15) is 0 Å². The van der Waals surface area contributed by atoms with Crippen molar-refractivity contribution in [2.75, 3.05) is 28.4 Å². The molecule has 2 aromatic rings. The summed E-state index contributed by atoms with van der Waals surface area (Å²) in [7, 11) is 4.80. The van der Waals surface area contributed by atoms with Crippen molar-refractivity contribution in [3.8, 4) is 0 Å². The summed E-state index contributed by atoms with van der Waals surface area (Å²) in [4.78, 5) is 52.8. The van der Waals surface area contributed by atoms with Gasteiger partial charge in [0, 0.05) is 0 Å². The summed E-state index contributed by atoms with van der Waals surface area (Å²) in [6, 6.07) is 18.8. The third-order valence-corrected chi connectivity index (χ3v) is 6.99. The van der Waals surface area contributed by atoms with Crippen LogP contribution in [0.2, 0.25) is 0 Å². The van der Waals surface area contributed by atoms with E-state index in [9.17, 15) is 19.2 Å². The standard InChI is InChI=1S/C32H34O8/c1-37-27(33)31(28(34)38-2,17-11-16-23-12-7-5-8-13-23)21-26-19-25(18-24-14-9-6-10-15-24)20-32(22-26,29(35)39-3)30(36)40-4/h5-16,18-19H,17,20-22H2,1-4H3/b16-11+,25-18-. The highest BCUT2D eigenvalue weighted by molar-refractivity contribution is 6.02. The molecule has 0 saturated carbocycles. The predicted octanol–water partition coefficient (Wildman–Crippen LogP) is 4.95. The van der Waals surface area contributed by atoms with E-state index in [1.54, 1.807) is 18.2 Å². The first-order valence-electron chi connectivity index (χ1n) is 12.7. The molecule has 0 heterocycles. The molecule has 0 N–H and O–H groups in total. The Morgan fingerprint density at radius 1 is 0.750 bits per heavy atom. The molecule has 0 radical (unpaired) electrons. The number of esters is 4. The summed E-state index contributed by atoms with van der Waals surface area (Å²) in [5.41, 5.74) is -0.622. The highest BCUT2D eigenvalue weighted by atomic mass is 16.6. The summed E-state index contributed by atoms with van der Waals surface area (Å²) >= 11 is 0. The fourth-order valence-corrected chi connectivity index (χ4v) is 5.10. The molecule has 0 unspecified atom stereocenters. The smallest absolute Gasteiger partial charge is 0.323 e. The van der Waals surface area contributed by atoms with E-state index < -0.39 is 34.7 Å². The minimum Gasteiger partial charge on any atom is -0.468 e. The molecule has 0 fully saturated rings. The van der Waals surface area contributed by atoms with E-state index in [1.807, 2.05) is 66.7 Å². The molecule has 210 valence electrons. The van der Waals surface area contributed by atoms with E-state index in [0.29, 0.717) is 11.1 Å². The summed E-state index contributed by atoms with van der Waals surface area (Å²) in [5, 5.41) is 0. The van der Waals surface area contributed by atoms with Crippen LogP contribution < -0.4 is 0 Å². The fraction of sp³-hybridized carbons (Fsp3) is 0.312. The summed E-state index contributed by atoms with van der Waals surface area (Å²) in [6.45, 7) is 0. The van der Waals surface area contributed by atoms with Crippen molar-refractivity contribution in [1.29, 1.82) is 0 Å². The Hall–Kier alpha value is -4.46. The number of rotatable bonds is 10. The van der Waals surface area contributed by atoms with Crippen LogP contribution in [0.5, 0.6) is 0 Å². The summed E-state index contributed by atoms with van der Waals surface area (Å²) < 4.78 is 20.3. The highest BCUT2D eigenvalue weighted by Crippen LogP contribution is 2.46. The van der Waals surface area contributed by atoms with Crippen LogP contribution in [0.25, 0.3) is 12.2 Å². The lowest BCUT2D eigenvalue weighted by molar-refractivity contribution is -0.169. The topological polar surface area (TPSA) is 105 Å². The first-order chi connectivity index (χ1) is 19.2.